The summed E-state index contributed by atoms with van der Waals surface area (Å²) in [6, 6.07) is 0.209. The van der Waals surface area contributed by atoms with Crippen LogP contribution in [0.15, 0.2) is 0 Å². The summed E-state index contributed by atoms with van der Waals surface area (Å²) >= 11 is 0. The Kier molecular flexibility index (Phi) is 6.45. The number of rotatable bonds is 4. The van der Waals surface area contributed by atoms with Crippen LogP contribution in [-0.4, -0.2) is 66.3 Å². The summed E-state index contributed by atoms with van der Waals surface area (Å²) in [7, 11) is 0. The maximum atomic E-state index is 12.0. The number of hydrogen-bond acceptors (Lipinski definition) is 5. The molecule has 1 heterocycles. The molecule has 1 atom stereocenters. The Morgan fingerprint density at radius 3 is 2.43 bits per heavy atom. The van der Waals surface area contributed by atoms with E-state index in [0.717, 1.165) is 6.54 Å². The van der Waals surface area contributed by atoms with Crippen LogP contribution < -0.4 is 0 Å². The molecular weight excluding hydrogens is 272 g/mol. The first kappa shape index (κ1) is 17.8. The van der Waals surface area contributed by atoms with E-state index in [1.54, 1.807) is 11.8 Å². The Balaban J connectivity index is 2.40. The summed E-state index contributed by atoms with van der Waals surface area (Å²) < 4.78 is 10.3. The molecule has 0 aromatic rings. The fourth-order valence-electron chi connectivity index (χ4n) is 2.29. The second-order valence-electron chi connectivity index (χ2n) is 6.37. The van der Waals surface area contributed by atoms with Crippen LogP contribution >= 0.6 is 0 Å². The fourth-order valence-corrected chi connectivity index (χ4v) is 2.29. The van der Waals surface area contributed by atoms with Gasteiger partial charge in [0.15, 0.2) is 0 Å². The lowest BCUT2D eigenvalue weighted by Crippen LogP contribution is -2.54. The van der Waals surface area contributed by atoms with Crippen molar-refractivity contribution in [1.82, 2.24) is 9.80 Å². The number of nitrogens with zero attached hydrogens (tertiary/aromatic N) is 2. The quantitative estimate of drug-likeness (QED) is 0.742. The van der Waals surface area contributed by atoms with E-state index in [0.29, 0.717) is 32.7 Å². The van der Waals surface area contributed by atoms with Gasteiger partial charge in [0.1, 0.15) is 5.60 Å². The van der Waals surface area contributed by atoms with Crippen molar-refractivity contribution in [1.29, 1.82) is 0 Å². The average Bonchev–Trinajstić information content (AvgIpc) is 2.35. The van der Waals surface area contributed by atoms with E-state index in [1.165, 1.54) is 0 Å². The van der Waals surface area contributed by atoms with E-state index in [4.69, 9.17) is 9.47 Å². The van der Waals surface area contributed by atoms with Crippen LogP contribution in [0.25, 0.3) is 0 Å². The summed E-state index contributed by atoms with van der Waals surface area (Å²) in [5.74, 6) is -0.167. The first-order valence-corrected chi connectivity index (χ1v) is 7.60. The molecule has 21 heavy (non-hydrogen) atoms. The van der Waals surface area contributed by atoms with Crippen molar-refractivity contribution in [3.63, 3.8) is 0 Å². The monoisotopic (exact) mass is 300 g/mol. The maximum absolute atomic E-state index is 12.0. The van der Waals surface area contributed by atoms with Gasteiger partial charge in [-0.3, -0.25) is 9.69 Å². The zero-order valence-corrected chi connectivity index (χ0v) is 13.8. The van der Waals surface area contributed by atoms with Crippen molar-refractivity contribution in [2.45, 2.75) is 52.7 Å². The molecule has 1 fully saturated rings. The molecule has 0 unspecified atom stereocenters. The lowest BCUT2D eigenvalue weighted by molar-refractivity contribution is -0.143. The Morgan fingerprint density at radius 1 is 1.24 bits per heavy atom. The standard InChI is InChI=1S/C15H28N2O4/c1-6-20-13(18)7-8-16-9-10-17(11-12(16)2)14(19)21-15(3,4)5/h12H,6-11H2,1-5H3/t12-/m1/s1. The highest BCUT2D eigenvalue weighted by Crippen LogP contribution is 2.15. The third-order valence-electron chi connectivity index (χ3n) is 3.33. The van der Waals surface area contributed by atoms with Crippen molar-refractivity contribution in [2.24, 2.45) is 0 Å². The maximum Gasteiger partial charge on any atom is 0.410 e. The normalized spacial score (nSPS) is 20.2. The summed E-state index contributed by atoms with van der Waals surface area (Å²) in [4.78, 5) is 27.4. The smallest absolute Gasteiger partial charge is 0.410 e. The minimum Gasteiger partial charge on any atom is -0.466 e. The molecule has 122 valence electrons. The van der Waals surface area contributed by atoms with E-state index >= 15 is 0 Å². The van der Waals surface area contributed by atoms with Gasteiger partial charge >= 0.3 is 12.1 Å². The third-order valence-corrected chi connectivity index (χ3v) is 3.33. The van der Waals surface area contributed by atoms with Crippen molar-refractivity contribution >= 4 is 12.1 Å². The average molecular weight is 300 g/mol. The highest BCUT2D eigenvalue weighted by molar-refractivity contribution is 5.69. The first-order chi connectivity index (χ1) is 9.73. The van der Waals surface area contributed by atoms with Crippen molar-refractivity contribution in [3.05, 3.63) is 0 Å². The summed E-state index contributed by atoms with van der Waals surface area (Å²) in [5.41, 5.74) is -0.471. The van der Waals surface area contributed by atoms with Crippen LogP contribution in [-0.2, 0) is 14.3 Å². The Morgan fingerprint density at radius 2 is 1.90 bits per heavy atom. The minimum absolute atomic E-state index is 0.167. The molecule has 1 amide bonds. The molecule has 0 aliphatic carbocycles. The second-order valence-corrected chi connectivity index (χ2v) is 6.37. The first-order valence-electron chi connectivity index (χ1n) is 7.60. The molecule has 0 N–H and O–H groups in total. The SMILES string of the molecule is CCOC(=O)CCN1CCN(C(=O)OC(C)(C)C)C[C@H]1C. The van der Waals surface area contributed by atoms with E-state index in [-0.39, 0.29) is 18.1 Å². The highest BCUT2D eigenvalue weighted by atomic mass is 16.6. The Hall–Kier alpha value is -1.30. The molecule has 6 heteroatoms. The van der Waals surface area contributed by atoms with E-state index < -0.39 is 5.60 Å². The Labute approximate surface area is 127 Å². The zero-order chi connectivity index (χ0) is 16.0. The number of hydrogen-bond donors (Lipinski definition) is 0. The van der Waals surface area contributed by atoms with Gasteiger partial charge < -0.3 is 14.4 Å². The van der Waals surface area contributed by atoms with E-state index in [2.05, 4.69) is 11.8 Å². The van der Waals surface area contributed by atoms with Crippen LogP contribution in [0.4, 0.5) is 4.79 Å². The topological polar surface area (TPSA) is 59.1 Å². The van der Waals surface area contributed by atoms with Gasteiger partial charge in [0, 0.05) is 32.2 Å². The molecule has 1 rings (SSSR count). The molecule has 0 radical (unpaired) electrons. The third kappa shape index (κ3) is 6.33. The Bertz CT molecular complexity index is 365. The number of carbonyl (C=O) groups is 2. The molecule has 1 aliphatic rings. The molecular formula is C15H28N2O4. The van der Waals surface area contributed by atoms with Crippen molar-refractivity contribution < 1.29 is 19.1 Å². The molecule has 0 saturated carbocycles. The number of amides is 1. The summed E-state index contributed by atoms with van der Waals surface area (Å²) in [6.07, 6.45) is 0.129. The fraction of sp³-hybridized carbons (Fsp3) is 0.867. The van der Waals surface area contributed by atoms with E-state index in [1.807, 2.05) is 20.8 Å². The van der Waals surface area contributed by atoms with Crippen LogP contribution in [0, 0.1) is 0 Å². The number of esters is 1. The van der Waals surface area contributed by atoms with Gasteiger partial charge in [-0.25, -0.2) is 4.79 Å². The predicted octanol–water partition coefficient (Wildman–Crippen LogP) is 1.88. The molecule has 6 nitrogen and oxygen atoms in total. The molecule has 0 aromatic heterocycles. The lowest BCUT2D eigenvalue weighted by Gasteiger charge is -2.40. The van der Waals surface area contributed by atoms with Crippen LogP contribution in [0.3, 0.4) is 0 Å². The van der Waals surface area contributed by atoms with Gasteiger partial charge in [-0.15, -0.1) is 0 Å². The van der Waals surface area contributed by atoms with Crippen molar-refractivity contribution in [2.75, 3.05) is 32.8 Å². The zero-order valence-electron chi connectivity index (χ0n) is 13.8. The van der Waals surface area contributed by atoms with Gasteiger partial charge in [0.2, 0.25) is 0 Å². The van der Waals surface area contributed by atoms with Gasteiger partial charge in [-0.05, 0) is 34.6 Å². The van der Waals surface area contributed by atoms with Gasteiger partial charge in [0.05, 0.1) is 13.0 Å². The van der Waals surface area contributed by atoms with Gasteiger partial charge in [-0.2, -0.15) is 0 Å². The summed E-state index contributed by atoms with van der Waals surface area (Å²) in [5, 5.41) is 0. The lowest BCUT2D eigenvalue weighted by atomic mass is 10.2. The highest BCUT2D eigenvalue weighted by Gasteiger charge is 2.29. The molecule has 0 aromatic carbocycles. The molecule has 0 bridgehead atoms. The van der Waals surface area contributed by atoms with Crippen molar-refractivity contribution in [3.8, 4) is 0 Å². The van der Waals surface area contributed by atoms with Crippen LogP contribution in [0.5, 0.6) is 0 Å². The molecule has 1 saturated heterocycles. The molecule has 1 aliphatic heterocycles. The molecule has 0 spiro atoms. The number of ether oxygens (including phenoxy) is 2. The van der Waals surface area contributed by atoms with Gasteiger partial charge in [-0.1, -0.05) is 0 Å². The van der Waals surface area contributed by atoms with Gasteiger partial charge in [0.25, 0.3) is 0 Å². The number of piperazine rings is 1. The van der Waals surface area contributed by atoms with Crippen LogP contribution in [0.1, 0.15) is 41.0 Å². The predicted molar refractivity (Wildman–Crippen MR) is 80.1 cm³/mol. The number of carbonyl (C=O) groups excluding carboxylic acids is 2. The van der Waals surface area contributed by atoms with Crippen LogP contribution in [0.2, 0.25) is 0 Å². The van der Waals surface area contributed by atoms with E-state index in [9.17, 15) is 9.59 Å². The largest absolute Gasteiger partial charge is 0.466 e. The summed E-state index contributed by atoms with van der Waals surface area (Å²) in [6.45, 7) is 12.5. The minimum atomic E-state index is -0.471. The second kappa shape index (κ2) is 7.64.